The van der Waals surface area contributed by atoms with E-state index in [0.717, 1.165) is 18.6 Å². The second kappa shape index (κ2) is 4.86. The zero-order chi connectivity index (χ0) is 12.4. The van der Waals surface area contributed by atoms with Crippen LogP contribution in [0.2, 0.25) is 0 Å². The summed E-state index contributed by atoms with van der Waals surface area (Å²) >= 11 is 0. The van der Waals surface area contributed by atoms with Crippen LogP contribution >= 0.6 is 0 Å². The first kappa shape index (κ1) is 12.1. The third-order valence-corrected chi connectivity index (χ3v) is 3.81. The van der Waals surface area contributed by atoms with E-state index in [0.29, 0.717) is 23.4 Å². The van der Waals surface area contributed by atoms with Crippen LogP contribution in [0, 0.1) is 11.8 Å². The molecule has 1 saturated heterocycles. The second-order valence-corrected chi connectivity index (χ2v) is 5.25. The fraction of sp³-hybridized carbons (Fsp3) is 0.571. The maximum atomic E-state index is 11.1. The van der Waals surface area contributed by atoms with E-state index < -0.39 is 0 Å². The van der Waals surface area contributed by atoms with Crippen molar-refractivity contribution < 1.29 is 4.79 Å². The van der Waals surface area contributed by atoms with Crippen LogP contribution in [0.3, 0.4) is 0 Å². The predicted octanol–water partition coefficient (Wildman–Crippen LogP) is 2.76. The average molecular weight is 232 g/mol. The van der Waals surface area contributed by atoms with Gasteiger partial charge in [-0.15, -0.1) is 0 Å². The highest BCUT2D eigenvalue weighted by molar-refractivity contribution is 5.82. The Balaban J connectivity index is 2.34. The molecule has 2 heterocycles. The van der Waals surface area contributed by atoms with Crippen molar-refractivity contribution in [2.24, 2.45) is 11.8 Å². The first-order chi connectivity index (χ1) is 8.13. The van der Waals surface area contributed by atoms with Crippen molar-refractivity contribution in [2.45, 2.75) is 33.2 Å². The van der Waals surface area contributed by atoms with Gasteiger partial charge in [0, 0.05) is 18.8 Å². The lowest BCUT2D eigenvalue weighted by molar-refractivity contribution is 0.112. The van der Waals surface area contributed by atoms with E-state index in [-0.39, 0.29) is 0 Å². The van der Waals surface area contributed by atoms with Gasteiger partial charge in [-0.05, 0) is 37.3 Å². The number of piperidine rings is 1. The SMILES string of the molecule is CC1CC(C)C(C)N(c2ncccc2C=O)C1. The second-order valence-electron chi connectivity index (χ2n) is 5.25. The summed E-state index contributed by atoms with van der Waals surface area (Å²) in [5.41, 5.74) is 0.695. The Morgan fingerprint density at radius 1 is 1.41 bits per heavy atom. The van der Waals surface area contributed by atoms with Crippen molar-refractivity contribution in [1.82, 2.24) is 4.98 Å². The third-order valence-electron chi connectivity index (χ3n) is 3.81. The van der Waals surface area contributed by atoms with Gasteiger partial charge < -0.3 is 4.90 Å². The molecule has 3 heteroatoms. The summed E-state index contributed by atoms with van der Waals surface area (Å²) in [5, 5.41) is 0. The Morgan fingerprint density at radius 2 is 2.18 bits per heavy atom. The number of nitrogens with zero attached hydrogens (tertiary/aromatic N) is 2. The smallest absolute Gasteiger partial charge is 0.153 e. The molecule has 3 nitrogen and oxygen atoms in total. The number of hydrogen-bond acceptors (Lipinski definition) is 3. The summed E-state index contributed by atoms with van der Waals surface area (Å²) in [6, 6.07) is 4.10. The van der Waals surface area contributed by atoms with Crippen LogP contribution in [0.4, 0.5) is 5.82 Å². The summed E-state index contributed by atoms with van der Waals surface area (Å²) in [4.78, 5) is 17.7. The lowest BCUT2D eigenvalue weighted by atomic mass is 9.86. The Morgan fingerprint density at radius 3 is 2.88 bits per heavy atom. The first-order valence-corrected chi connectivity index (χ1v) is 6.30. The van der Waals surface area contributed by atoms with Gasteiger partial charge in [-0.2, -0.15) is 0 Å². The Labute approximate surface area is 103 Å². The molecule has 0 radical (unpaired) electrons. The lowest BCUT2D eigenvalue weighted by Gasteiger charge is -2.42. The molecular weight excluding hydrogens is 212 g/mol. The average Bonchev–Trinajstić information content (AvgIpc) is 2.33. The minimum atomic E-state index is 0.444. The van der Waals surface area contributed by atoms with Crippen LogP contribution in [0.25, 0.3) is 0 Å². The topological polar surface area (TPSA) is 33.2 Å². The summed E-state index contributed by atoms with van der Waals surface area (Å²) in [5.74, 6) is 2.14. The molecule has 17 heavy (non-hydrogen) atoms. The Hall–Kier alpha value is -1.38. The molecule has 1 aromatic heterocycles. The van der Waals surface area contributed by atoms with E-state index in [2.05, 4.69) is 30.7 Å². The zero-order valence-electron chi connectivity index (χ0n) is 10.8. The van der Waals surface area contributed by atoms with E-state index in [1.54, 1.807) is 6.20 Å². The normalized spacial score (nSPS) is 29.1. The molecule has 1 fully saturated rings. The van der Waals surface area contributed by atoms with Crippen LogP contribution in [0.5, 0.6) is 0 Å². The number of anilines is 1. The van der Waals surface area contributed by atoms with Crippen molar-refractivity contribution in [3.63, 3.8) is 0 Å². The molecule has 3 unspecified atom stereocenters. The van der Waals surface area contributed by atoms with Crippen LogP contribution in [0.1, 0.15) is 37.6 Å². The van der Waals surface area contributed by atoms with Gasteiger partial charge in [0.1, 0.15) is 5.82 Å². The summed E-state index contributed by atoms with van der Waals surface area (Å²) in [6.45, 7) is 7.75. The number of carbonyl (C=O) groups is 1. The van der Waals surface area contributed by atoms with Crippen LogP contribution in [-0.4, -0.2) is 23.9 Å². The standard InChI is InChI=1S/C14H20N2O/c1-10-7-11(2)12(3)16(8-10)14-13(9-17)5-4-6-15-14/h4-6,9-12H,7-8H2,1-3H3. The number of aldehydes is 1. The van der Waals surface area contributed by atoms with Crippen molar-refractivity contribution >= 4 is 12.1 Å². The fourth-order valence-corrected chi connectivity index (χ4v) is 2.74. The summed E-state index contributed by atoms with van der Waals surface area (Å²) in [6.07, 6.45) is 3.92. The lowest BCUT2D eigenvalue weighted by Crippen LogP contribution is -2.46. The molecular formula is C14H20N2O. The predicted molar refractivity (Wildman–Crippen MR) is 69.4 cm³/mol. The molecule has 3 atom stereocenters. The van der Waals surface area contributed by atoms with Gasteiger partial charge >= 0.3 is 0 Å². The molecule has 0 aliphatic carbocycles. The Bertz CT molecular complexity index is 405. The number of pyridine rings is 1. The van der Waals surface area contributed by atoms with Gasteiger partial charge in [-0.3, -0.25) is 4.79 Å². The largest absolute Gasteiger partial charge is 0.353 e. The first-order valence-electron chi connectivity index (χ1n) is 6.30. The van der Waals surface area contributed by atoms with E-state index >= 15 is 0 Å². The molecule has 0 amide bonds. The van der Waals surface area contributed by atoms with Gasteiger partial charge in [0.15, 0.2) is 6.29 Å². The van der Waals surface area contributed by atoms with E-state index in [1.165, 1.54) is 6.42 Å². The highest BCUT2D eigenvalue weighted by Crippen LogP contribution is 2.31. The minimum Gasteiger partial charge on any atom is -0.353 e. The highest BCUT2D eigenvalue weighted by Gasteiger charge is 2.30. The molecule has 0 spiro atoms. The molecule has 92 valence electrons. The van der Waals surface area contributed by atoms with E-state index in [9.17, 15) is 4.79 Å². The molecule has 1 aliphatic rings. The van der Waals surface area contributed by atoms with Gasteiger partial charge in [0.05, 0.1) is 5.56 Å². The Kier molecular flexibility index (Phi) is 3.46. The van der Waals surface area contributed by atoms with Gasteiger partial charge in [0.25, 0.3) is 0 Å². The van der Waals surface area contributed by atoms with Crippen molar-refractivity contribution in [3.8, 4) is 0 Å². The highest BCUT2D eigenvalue weighted by atomic mass is 16.1. The minimum absolute atomic E-state index is 0.444. The molecule has 1 aliphatic heterocycles. The maximum Gasteiger partial charge on any atom is 0.153 e. The van der Waals surface area contributed by atoms with Crippen molar-refractivity contribution in [3.05, 3.63) is 23.9 Å². The monoisotopic (exact) mass is 232 g/mol. The van der Waals surface area contributed by atoms with Gasteiger partial charge in [-0.1, -0.05) is 13.8 Å². The third kappa shape index (κ3) is 2.33. The number of aromatic nitrogens is 1. The number of carbonyl (C=O) groups excluding carboxylic acids is 1. The van der Waals surface area contributed by atoms with Gasteiger partial charge in [0.2, 0.25) is 0 Å². The molecule has 2 rings (SSSR count). The fourth-order valence-electron chi connectivity index (χ4n) is 2.74. The molecule has 0 aromatic carbocycles. The molecule has 1 aromatic rings. The number of rotatable bonds is 2. The van der Waals surface area contributed by atoms with Crippen molar-refractivity contribution in [1.29, 1.82) is 0 Å². The summed E-state index contributed by atoms with van der Waals surface area (Å²) < 4.78 is 0. The van der Waals surface area contributed by atoms with Crippen LogP contribution < -0.4 is 4.90 Å². The van der Waals surface area contributed by atoms with E-state index in [1.807, 2.05) is 12.1 Å². The quantitative estimate of drug-likeness (QED) is 0.735. The van der Waals surface area contributed by atoms with Crippen LogP contribution in [0.15, 0.2) is 18.3 Å². The molecule has 0 bridgehead atoms. The van der Waals surface area contributed by atoms with Crippen molar-refractivity contribution in [2.75, 3.05) is 11.4 Å². The van der Waals surface area contributed by atoms with Gasteiger partial charge in [-0.25, -0.2) is 4.98 Å². The molecule has 0 saturated carbocycles. The van der Waals surface area contributed by atoms with Crippen LogP contribution in [-0.2, 0) is 0 Å². The van der Waals surface area contributed by atoms with E-state index in [4.69, 9.17) is 0 Å². The zero-order valence-corrected chi connectivity index (χ0v) is 10.8. The number of hydrogen-bond donors (Lipinski definition) is 0. The summed E-state index contributed by atoms with van der Waals surface area (Å²) in [7, 11) is 0. The molecule has 0 N–H and O–H groups in total. The maximum absolute atomic E-state index is 11.1.